The Hall–Kier alpha value is -2.33. The van der Waals surface area contributed by atoms with Crippen LogP contribution >= 0.6 is 22.7 Å². The minimum absolute atomic E-state index is 0.0385. The molecule has 1 aliphatic heterocycles. The molecule has 25 heavy (non-hydrogen) atoms. The van der Waals surface area contributed by atoms with E-state index in [0.29, 0.717) is 40.8 Å². The summed E-state index contributed by atoms with van der Waals surface area (Å²) in [5.74, 6) is -0.716. The van der Waals surface area contributed by atoms with Crippen LogP contribution in [0, 0.1) is 23.0 Å². The van der Waals surface area contributed by atoms with Crippen LogP contribution in [0.2, 0.25) is 0 Å². The van der Waals surface area contributed by atoms with Gasteiger partial charge >= 0.3 is 0 Å². The summed E-state index contributed by atoms with van der Waals surface area (Å²) in [6, 6.07) is 1.32. The van der Waals surface area contributed by atoms with Crippen molar-refractivity contribution >= 4 is 45.3 Å². The quantitative estimate of drug-likeness (QED) is 0.648. The molecule has 0 aliphatic carbocycles. The first-order valence-corrected chi connectivity index (χ1v) is 9.39. The number of nitrogens with one attached hydrogen (secondary N) is 1. The first kappa shape index (κ1) is 17.5. The second-order valence-corrected chi connectivity index (χ2v) is 7.88. The number of thiazole rings is 1. The number of carbonyl (C=O) groups is 2. The van der Waals surface area contributed by atoms with Crippen molar-refractivity contribution in [3.63, 3.8) is 0 Å². The zero-order chi connectivity index (χ0) is 18.0. The molecule has 1 aliphatic rings. The van der Waals surface area contributed by atoms with E-state index in [2.05, 4.69) is 10.3 Å². The Morgan fingerprint density at radius 2 is 2.28 bits per heavy atom. The highest BCUT2D eigenvalue weighted by molar-refractivity contribution is 7.14. The summed E-state index contributed by atoms with van der Waals surface area (Å²) in [6.07, 6.45) is 3.03. The topological polar surface area (TPSA) is 105 Å². The van der Waals surface area contributed by atoms with Gasteiger partial charge in [-0.3, -0.25) is 19.7 Å². The molecule has 1 atom stereocenters. The molecule has 132 valence electrons. The molecule has 2 aromatic rings. The van der Waals surface area contributed by atoms with Crippen molar-refractivity contribution in [1.82, 2.24) is 9.88 Å². The molecule has 1 saturated heterocycles. The lowest BCUT2D eigenvalue weighted by atomic mass is 9.97. The Bertz CT molecular complexity index is 803. The number of hydrogen-bond donors (Lipinski definition) is 1. The maximum atomic E-state index is 12.6. The standard InChI is InChI=1S/C15H16N4O4S2/c1-9-11(19(22)23)7-12(25-9)14(21)18-5-2-3-10(8-18)13(20)17-15-16-4-6-24-15/h4,6-7,10H,2-3,5,8H2,1H3,(H,16,17,20). The predicted molar refractivity (Wildman–Crippen MR) is 95.1 cm³/mol. The third kappa shape index (κ3) is 3.85. The lowest BCUT2D eigenvalue weighted by Gasteiger charge is -2.31. The summed E-state index contributed by atoms with van der Waals surface area (Å²) < 4.78 is 0. The molecule has 0 radical (unpaired) electrons. The number of thiophene rings is 1. The van der Waals surface area contributed by atoms with E-state index in [4.69, 9.17) is 0 Å². The molecule has 0 spiro atoms. The highest BCUT2D eigenvalue weighted by Gasteiger charge is 2.31. The van der Waals surface area contributed by atoms with E-state index in [1.165, 1.54) is 17.4 Å². The van der Waals surface area contributed by atoms with Crippen molar-refractivity contribution in [2.45, 2.75) is 19.8 Å². The van der Waals surface area contributed by atoms with E-state index in [1.807, 2.05) is 0 Å². The SMILES string of the molecule is Cc1sc(C(=O)N2CCCC(C(=O)Nc3nccs3)C2)cc1[N+](=O)[O-]. The van der Waals surface area contributed by atoms with Crippen LogP contribution < -0.4 is 5.32 Å². The Morgan fingerprint density at radius 3 is 2.92 bits per heavy atom. The number of carbonyl (C=O) groups excluding carboxylic acids is 2. The van der Waals surface area contributed by atoms with Crippen molar-refractivity contribution in [2.75, 3.05) is 18.4 Å². The Morgan fingerprint density at radius 1 is 1.48 bits per heavy atom. The van der Waals surface area contributed by atoms with Gasteiger partial charge in [-0.2, -0.15) is 0 Å². The molecule has 2 aromatic heterocycles. The maximum absolute atomic E-state index is 12.6. The monoisotopic (exact) mass is 380 g/mol. The van der Waals surface area contributed by atoms with Crippen LogP contribution in [-0.2, 0) is 4.79 Å². The third-order valence-corrected chi connectivity index (χ3v) is 5.76. The summed E-state index contributed by atoms with van der Waals surface area (Å²) >= 11 is 2.46. The second-order valence-electron chi connectivity index (χ2n) is 5.73. The average Bonchev–Trinajstić information content (AvgIpc) is 3.23. The molecule has 0 bridgehead atoms. The fourth-order valence-corrected chi connectivity index (χ4v) is 4.27. The predicted octanol–water partition coefficient (Wildman–Crippen LogP) is 2.91. The van der Waals surface area contributed by atoms with Crippen LogP contribution in [0.1, 0.15) is 27.4 Å². The molecule has 1 unspecified atom stereocenters. The number of nitro groups is 1. The number of rotatable bonds is 4. The fourth-order valence-electron chi connectivity index (χ4n) is 2.78. The molecule has 3 heterocycles. The molecule has 8 nitrogen and oxygen atoms in total. The van der Waals surface area contributed by atoms with E-state index in [-0.39, 0.29) is 23.4 Å². The third-order valence-electron chi connectivity index (χ3n) is 4.04. The minimum atomic E-state index is -0.483. The van der Waals surface area contributed by atoms with Crippen LogP contribution in [0.25, 0.3) is 0 Å². The van der Waals surface area contributed by atoms with E-state index < -0.39 is 4.92 Å². The van der Waals surface area contributed by atoms with Gasteiger partial charge in [-0.15, -0.1) is 22.7 Å². The van der Waals surface area contributed by atoms with Gasteiger partial charge in [-0.05, 0) is 19.8 Å². The van der Waals surface area contributed by atoms with Gasteiger partial charge in [0.25, 0.3) is 11.6 Å². The smallest absolute Gasteiger partial charge is 0.283 e. The molecule has 1 N–H and O–H groups in total. The molecule has 2 amide bonds. The number of anilines is 1. The van der Waals surface area contributed by atoms with Gasteiger partial charge < -0.3 is 10.2 Å². The van der Waals surface area contributed by atoms with E-state index in [1.54, 1.807) is 23.4 Å². The second kappa shape index (κ2) is 7.28. The van der Waals surface area contributed by atoms with Crippen molar-refractivity contribution in [3.05, 3.63) is 37.5 Å². The molecule has 3 rings (SSSR count). The van der Waals surface area contributed by atoms with Crippen molar-refractivity contribution in [2.24, 2.45) is 5.92 Å². The lowest BCUT2D eigenvalue weighted by Crippen LogP contribution is -2.43. The van der Waals surface area contributed by atoms with E-state index in [9.17, 15) is 19.7 Å². The Labute approximate surface area is 151 Å². The Balaban J connectivity index is 1.68. The highest BCUT2D eigenvalue weighted by atomic mass is 32.1. The number of likely N-dealkylation sites (tertiary alicyclic amines) is 1. The van der Waals surface area contributed by atoms with Crippen LogP contribution in [-0.4, -0.2) is 39.7 Å². The van der Waals surface area contributed by atoms with Gasteiger partial charge in [0.05, 0.1) is 20.6 Å². The summed E-state index contributed by atoms with van der Waals surface area (Å²) in [5, 5.41) is 16.0. The molecule has 0 aromatic carbocycles. The molecular formula is C15H16N4O4S2. The van der Waals surface area contributed by atoms with E-state index >= 15 is 0 Å². The number of aromatic nitrogens is 1. The first-order valence-electron chi connectivity index (χ1n) is 7.70. The lowest BCUT2D eigenvalue weighted by molar-refractivity contribution is -0.385. The van der Waals surface area contributed by atoms with Crippen LogP contribution in [0.3, 0.4) is 0 Å². The van der Waals surface area contributed by atoms with Gasteiger partial charge in [-0.25, -0.2) is 4.98 Å². The average molecular weight is 380 g/mol. The number of nitrogens with zero attached hydrogens (tertiary/aromatic N) is 3. The van der Waals surface area contributed by atoms with Gasteiger partial charge in [-0.1, -0.05) is 0 Å². The minimum Gasteiger partial charge on any atom is -0.337 e. The van der Waals surface area contributed by atoms with Crippen LogP contribution in [0.15, 0.2) is 17.6 Å². The number of hydrogen-bond acceptors (Lipinski definition) is 7. The number of piperidine rings is 1. The maximum Gasteiger partial charge on any atom is 0.283 e. The van der Waals surface area contributed by atoms with E-state index in [0.717, 1.165) is 11.3 Å². The van der Waals surface area contributed by atoms with Gasteiger partial charge in [0.2, 0.25) is 5.91 Å². The number of aryl methyl sites for hydroxylation is 1. The highest BCUT2D eigenvalue weighted by Crippen LogP contribution is 2.30. The molecule has 0 saturated carbocycles. The first-order chi connectivity index (χ1) is 12.0. The zero-order valence-corrected chi connectivity index (χ0v) is 15.1. The normalized spacial score (nSPS) is 17.3. The van der Waals surface area contributed by atoms with Crippen molar-refractivity contribution < 1.29 is 14.5 Å². The Kier molecular flexibility index (Phi) is 5.09. The number of amides is 2. The van der Waals surface area contributed by atoms with Crippen LogP contribution in [0.4, 0.5) is 10.8 Å². The summed E-state index contributed by atoms with van der Waals surface area (Å²) in [6.45, 7) is 2.48. The summed E-state index contributed by atoms with van der Waals surface area (Å²) in [5.41, 5.74) is -0.0385. The van der Waals surface area contributed by atoms with Gasteiger partial charge in [0.15, 0.2) is 5.13 Å². The summed E-state index contributed by atoms with van der Waals surface area (Å²) in [7, 11) is 0. The van der Waals surface area contributed by atoms with Crippen LogP contribution in [0.5, 0.6) is 0 Å². The zero-order valence-electron chi connectivity index (χ0n) is 13.4. The van der Waals surface area contributed by atoms with Crippen molar-refractivity contribution in [1.29, 1.82) is 0 Å². The van der Waals surface area contributed by atoms with Gasteiger partial charge in [0, 0.05) is 30.7 Å². The largest absolute Gasteiger partial charge is 0.337 e. The fraction of sp³-hybridized carbons (Fsp3) is 0.400. The van der Waals surface area contributed by atoms with Gasteiger partial charge in [0.1, 0.15) is 0 Å². The molecule has 1 fully saturated rings. The molecular weight excluding hydrogens is 364 g/mol. The molecule has 10 heteroatoms. The summed E-state index contributed by atoms with van der Waals surface area (Å²) in [4.78, 5) is 41.9. The van der Waals surface area contributed by atoms with Crippen molar-refractivity contribution in [3.8, 4) is 0 Å².